The minimum absolute atomic E-state index is 0.0237. The third-order valence-corrected chi connectivity index (χ3v) is 5.40. The molecule has 1 unspecified atom stereocenters. The second-order valence-electron chi connectivity index (χ2n) is 7.31. The van der Waals surface area contributed by atoms with Gasteiger partial charge in [0.2, 0.25) is 0 Å². The molecule has 0 amide bonds. The highest BCUT2D eigenvalue weighted by molar-refractivity contribution is 9.09. The van der Waals surface area contributed by atoms with Crippen LogP contribution in [0.1, 0.15) is 44.0 Å². The van der Waals surface area contributed by atoms with Gasteiger partial charge in [-0.2, -0.15) is 0 Å². The van der Waals surface area contributed by atoms with Crippen molar-refractivity contribution in [3.63, 3.8) is 0 Å². The number of fused-ring (bicyclic) bond motifs is 1. The molecule has 1 fully saturated rings. The Balaban J connectivity index is 2.09. The van der Waals surface area contributed by atoms with Gasteiger partial charge >= 0.3 is 0 Å². The Kier molecular flexibility index (Phi) is 4.65. The molecule has 0 N–H and O–H groups in total. The average Bonchev–Trinajstić information content (AvgIpc) is 2.53. The van der Waals surface area contributed by atoms with E-state index in [1.165, 1.54) is 0 Å². The highest BCUT2D eigenvalue weighted by Gasteiger charge is 2.27. The lowest BCUT2D eigenvalue weighted by atomic mass is 9.83. The summed E-state index contributed by atoms with van der Waals surface area (Å²) in [6, 6.07) is 5.29. The van der Waals surface area contributed by atoms with Crippen molar-refractivity contribution in [2.45, 2.75) is 38.4 Å². The number of alkyl halides is 1. The number of hydrogen-bond acceptors (Lipinski definition) is 4. The van der Waals surface area contributed by atoms with Crippen molar-refractivity contribution < 1.29 is 9.15 Å². The van der Waals surface area contributed by atoms with Crippen molar-refractivity contribution in [2.24, 2.45) is 5.41 Å². The normalized spacial score (nSPS) is 18.6. The van der Waals surface area contributed by atoms with Gasteiger partial charge in [0, 0.05) is 29.5 Å². The maximum absolute atomic E-state index is 12.7. The van der Waals surface area contributed by atoms with Crippen LogP contribution in [0.3, 0.4) is 0 Å². The van der Waals surface area contributed by atoms with E-state index in [0.29, 0.717) is 28.0 Å². The van der Waals surface area contributed by atoms with Crippen LogP contribution in [0.4, 0.5) is 5.88 Å². The van der Waals surface area contributed by atoms with Crippen LogP contribution in [0, 0.1) is 5.41 Å². The highest BCUT2D eigenvalue weighted by Crippen LogP contribution is 2.36. The predicted octanol–water partition coefficient (Wildman–Crippen LogP) is 4.88. The minimum Gasteiger partial charge on any atom is -0.497 e. The molecule has 1 aromatic carbocycles. The number of piperidine rings is 1. The van der Waals surface area contributed by atoms with E-state index in [0.717, 1.165) is 31.5 Å². The third kappa shape index (κ3) is 3.32. The number of nitrogens with zero attached hydrogens (tertiary/aromatic N) is 1. The Morgan fingerprint density at radius 3 is 2.50 bits per heavy atom. The van der Waals surface area contributed by atoms with E-state index < -0.39 is 0 Å². The number of anilines is 1. The number of methoxy groups -OCH3 is 1. The van der Waals surface area contributed by atoms with Crippen LogP contribution in [0.25, 0.3) is 11.0 Å². The van der Waals surface area contributed by atoms with Gasteiger partial charge < -0.3 is 14.1 Å². The summed E-state index contributed by atoms with van der Waals surface area (Å²) in [4.78, 5) is 14.9. The van der Waals surface area contributed by atoms with Crippen molar-refractivity contribution in [3.05, 3.63) is 34.0 Å². The first-order chi connectivity index (χ1) is 11.3. The predicted molar refractivity (Wildman–Crippen MR) is 102 cm³/mol. The van der Waals surface area contributed by atoms with E-state index in [1.807, 2.05) is 13.0 Å². The van der Waals surface area contributed by atoms with Crippen molar-refractivity contribution in [1.29, 1.82) is 0 Å². The second kappa shape index (κ2) is 6.43. The summed E-state index contributed by atoms with van der Waals surface area (Å²) in [6.07, 6.45) is 2.19. The molecule has 0 spiro atoms. The van der Waals surface area contributed by atoms with Gasteiger partial charge in [-0.1, -0.05) is 29.8 Å². The molecular weight excluding hydrogens is 370 g/mol. The van der Waals surface area contributed by atoms with Crippen LogP contribution >= 0.6 is 15.9 Å². The molecule has 5 heteroatoms. The van der Waals surface area contributed by atoms with Gasteiger partial charge in [0.15, 0.2) is 11.3 Å². The zero-order valence-electron chi connectivity index (χ0n) is 14.7. The van der Waals surface area contributed by atoms with Gasteiger partial charge in [0.1, 0.15) is 11.3 Å². The Labute approximate surface area is 150 Å². The first-order valence-electron chi connectivity index (χ1n) is 8.35. The summed E-state index contributed by atoms with van der Waals surface area (Å²) in [5, 5.41) is 0.566. The fraction of sp³-hybridized carbons (Fsp3) is 0.526. The molecule has 3 rings (SSSR count). The lowest BCUT2D eigenvalue weighted by molar-refractivity contribution is 0.274. The molecule has 0 saturated carbocycles. The topological polar surface area (TPSA) is 42.7 Å². The van der Waals surface area contributed by atoms with Crippen LogP contribution in [0.2, 0.25) is 0 Å². The summed E-state index contributed by atoms with van der Waals surface area (Å²) in [5.74, 6) is 1.34. The van der Waals surface area contributed by atoms with Gasteiger partial charge in [-0.15, -0.1) is 0 Å². The van der Waals surface area contributed by atoms with Crippen LogP contribution in [-0.2, 0) is 0 Å². The van der Waals surface area contributed by atoms with Gasteiger partial charge in [0.05, 0.1) is 12.5 Å². The van der Waals surface area contributed by atoms with Gasteiger partial charge in [-0.25, -0.2) is 0 Å². The van der Waals surface area contributed by atoms with Crippen molar-refractivity contribution in [2.75, 3.05) is 25.1 Å². The van der Waals surface area contributed by atoms with Gasteiger partial charge in [-0.05, 0) is 37.3 Å². The first kappa shape index (κ1) is 17.3. The fourth-order valence-electron chi connectivity index (χ4n) is 3.15. The van der Waals surface area contributed by atoms with Crippen LogP contribution < -0.4 is 15.1 Å². The van der Waals surface area contributed by atoms with E-state index in [-0.39, 0.29) is 10.3 Å². The number of hydrogen-bond donors (Lipinski definition) is 0. The summed E-state index contributed by atoms with van der Waals surface area (Å²) in [6.45, 7) is 8.42. The standard InChI is InChI=1S/C19H24BrNO3/c1-12(20)14-9-13(23-4)10-15-16(22)11-17(24-18(14)15)21-7-5-19(2,3)6-8-21/h9-12H,5-8H2,1-4H3. The molecular formula is C19H24BrNO3. The zero-order valence-corrected chi connectivity index (χ0v) is 16.3. The van der Waals surface area contributed by atoms with E-state index >= 15 is 0 Å². The lowest BCUT2D eigenvalue weighted by Crippen LogP contribution is -2.37. The smallest absolute Gasteiger partial charge is 0.199 e. The van der Waals surface area contributed by atoms with E-state index in [9.17, 15) is 4.79 Å². The maximum atomic E-state index is 12.7. The molecule has 1 atom stereocenters. The Bertz CT molecular complexity index is 800. The molecule has 0 aliphatic carbocycles. The summed E-state index contributed by atoms with van der Waals surface area (Å²) in [5.41, 5.74) is 1.91. The molecule has 0 bridgehead atoms. The molecule has 1 aliphatic rings. The number of benzene rings is 1. The second-order valence-corrected chi connectivity index (χ2v) is 8.68. The quantitative estimate of drug-likeness (QED) is 0.696. The zero-order chi connectivity index (χ0) is 17.5. The largest absolute Gasteiger partial charge is 0.497 e. The first-order valence-corrected chi connectivity index (χ1v) is 9.27. The van der Waals surface area contributed by atoms with Crippen LogP contribution in [0.5, 0.6) is 5.75 Å². The highest BCUT2D eigenvalue weighted by atomic mass is 79.9. The molecule has 24 heavy (non-hydrogen) atoms. The number of ether oxygens (including phenoxy) is 1. The molecule has 130 valence electrons. The van der Waals surface area contributed by atoms with Crippen LogP contribution in [0.15, 0.2) is 27.4 Å². The van der Waals surface area contributed by atoms with E-state index in [4.69, 9.17) is 9.15 Å². The lowest BCUT2D eigenvalue weighted by Gasteiger charge is -2.37. The van der Waals surface area contributed by atoms with Gasteiger partial charge in [0.25, 0.3) is 0 Å². The number of halogens is 1. The monoisotopic (exact) mass is 393 g/mol. The molecule has 4 nitrogen and oxygen atoms in total. The molecule has 0 radical (unpaired) electrons. The summed E-state index contributed by atoms with van der Waals surface area (Å²) in [7, 11) is 1.61. The Morgan fingerprint density at radius 1 is 1.25 bits per heavy atom. The minimum atomic E-state index is -0.0237. The Morgan fingerprint density at radius 2 is 1.92 bits per heavy atom. The fourth-order valence-corrected chi connectivity index (χ4v) is 3.49. The van der Waals surface area contributed by atoms with Gasteiger partial charge in [-0.3, -0.25) is 4.79 Å². The maximum Gasteiger partial charge on any atom is 0.199 e. The third-order valence-electron chi connectivity index (χ3n) is 4.91. The molecule has 1 saturated heterocycles. The summed E-state index contributed by atoms with van der Waals surface area (Å²) >= 11 is 3.60. The van der Waals surface area contributed by atoms with E-state index in [1.54, 1.807) is 19.2 Å². The average molecular weight is 394 g/mol. The van der Waals surface area contributed by atoms with E-state index in [2.05, 4.69) is 34.7 Å². The molecule has 1 aromatic heterocycles. The summed E-state index contributed by atoms with van der Waals surface area (Å²) < 4.78 is 11.5. The Hall–Kier alpha value is -1.49. The van der Waals surface area contributed by atoms with Crippen molar-refractivity contribution >= 4 is 32.8 Å². The molecule has 1 aliphatic heterocycles. The molecule has 2 aromatic rings. The van der Waals surface area contributed by atoms with Crippen molar-refractivity contribution in [1.82, 2.24) is 0 Å². The number of rotatable bonds is 3. The molecule has 2 heterocycles. The SMILES string of the molecule is COc1cc(C(C)Br)c2oc(N3CCC(C)(C)CC3)cc(=O)c2c1. The van der Waals surface area contributed by atoms with Crippen molar-refractivity contribution in [3.8, 4) is 5.75 Å². The van der Waals surface area contributed by atoms with Crippen LogP contribution in [-0.4, -0.2) is 20.2 Å².